The first-order valence-corrected chi connectivity index (χ1v) is 8.30. The van der Waals surface area contributed by atoms with Gasteiger partial charge in [0.25, 0.3) is 0 Å². The minimum Gasteiger partial charge on any atom is -0.444 e. The Balaban J connectivity index is 1.73. The fourth-order valence-corrected chi connectivity index (χ4v) is 2.68. The van der Waals surface area contributed by atoms with Crippen LogP contribution in [0.15, 0.2) is 36.4 Å². The molecule has 0 spiro atoms. The molecule has 1 N–H and O–H groups in total. The highest BCUT2D eigenvalue weighted by atomic mass is 19.1. The highest BCUT2D eigenvalue weighted by Crippen LogP contribution is 2.25. The summed E-state index contributed by atoms with van der Waals surface area (Å²) in [4.78, 5) is 14.0. The molecule has 0 fully saturated rings. The second-order valence-corrected chi connectivity index (χ2v) is 7.09. The van der Waals surface area contributed by atoms with Crippen LogP contribution in [-0.2, 0) is 4.74 Å². The van der Waals surface area contributed by atoms with E-state index in [1.54, 1.807) is 17.0 Å². The number of nitrogens with one attached hydrogen (secondary N) is 1. The summed E-state index contributed by atoms with van der Waals surface area (Å²) in [5, 5.41) is 7.30. The number of halogens is 1. The predicted octanol–water partition coefficient (Wildman–Crippen LogP) is 4.24. The molecule has 6 heteroatoms. The van der Waals surface area contributed by atoms with E-state index in [1.807, 2.05) is 26.8 Å². The fourth-order valence-electron chi connectivity index (χ4n) is 2.68. The highest BCUT2D eigenvalue weighted by molar-refractivity contribution is 5.75. The van der Waals surface area contributed by atoms with E-state index in [2.05, 4.69) is 16.3 Å². The molecule has 0 saturated carbocycles. The topological polar surface area (TPSA) is 58.2 Å². The van der Waals surface area contributed by atoms with Crippen LogP contribution >= 0.6 is 0 Å². The van der Waals surface area contributed by atoms with Crippen LogP contribution in [0.3, 0.4) is 0 Å². The Hall–Kier alpha value is -2.63. The van der Waals surface area contributed by atoms with Crippen LogP contribution in [0.5, 0.6) is 0 Å². The molecular weight excluding hydrogens is 321 g/mol. The number of nitrogens with zero attached hydrogens (tertiary/aromatic N) is 2. The zero-order chi connectivity index (χ0) is 18.0. The van der Waals surface area contributed by atoms with Crippen molar-refractivity contribution in [2.24, 2.45) is 0 Å². The second-order valence-electron chi connectivity index (χ2n) is 7.09. The van der Waals surface area contributed by atoms with Gasteiger partial charge in [0, 0.05) is 12.1 Å². The van der Waals surface area contributed by atoms with E-state index >= 15 is 0 Å². The summed E-state index contributed by atoms with van der Waals surface area (Å²) in [6.07, 6.45) is 2.55. The van der Waals surface area contributed by atoms with Gasteiger partial charge < -0.3 is 9.64 Å². The molecule has 132 valence electrons. The Bertz CT molecular complexity index is 788. The number of hydrogen-bond donors (Lipinski definition) is 1. The van der Waals surface area contributed by atoms with Gasteiger partial charge in [0.15, 0.2) is 0 Å². The predicted molar refractivity (Wildman–Crippen MR) is 94.4 cm³/mol. The smallest absolute Gasteiger partial charge is 0.410 e. The Morgan fingerprint density at radius 3 is 2.68 bits per heavy atom. The van der Waals surface area contributed by atoms with Gasteiger partial charge in [-0.2, -0.15) is 5.10 Å². The molecule has 1 aromatic carbocycles. The van der Waals surface area contributed by atoms with E-state index in [1.165, 1.54) is 12.1 Å². The van der Waals surface area contributed by atoms with Gasteiger partial charge in [-0.15, -0.1) is 0 Å². The quantitative estimate of drug-likeness (QED) is 0.887. The van der Waals surface area contributed by atoms with E-state index < -0.39 is 5.60 Å². The van der Waals surface area contributed by atoms with Crippen molar-refractivity contribution in [3.05, 3.63) is 47.9 Å². The molecule has 0 saturated heterocycles. The summed E-state index contributed by atoms with van der Waals surface area (Å²) in [6, 6.07) is 8.12. The number of hydrogen-bond acceptors (Lipinski definition) is 3. The van der Waals surface area contributed by atoms with Gasteiger partial charge in [-0.25, -0.2) is 9.18 Å². The van der Waals surface area contributed by atoms with Crippen LogP contribution in [0, 0.1) is 5.82 Å². The zero-order valence-corrected chi connectivity index (χ0v) is 14.7. The van der Waals surface area contributed by atoms with Crippen molar-refractivity contribution in [2.45, 2.75) is 32.8 Å². The molecular formula is C19H22FN3O2. The van der Waals surface area contributed by atoms with Crippen molar-refractivity contribution in [3.63, 3.8) is 0 Å². The molecule has 3 rings (SSSR count). The number of ether oxygens (including phenoxy) is 1. The summed E-state index contributed by atoms with van der Waals surface area (Å²) < 4.78 is 18.5. The number of H-pyrrole nitrogens is 1. The van der Waals surface area contributed by atoms with E-state index in [-0.39, 0.29) is 11.9 Å². The molecule has 2 aromatic rings. The summed E-state index contributed by atoms with van der Waals surface area (Å²) in [7, 11) is 0. The maximum atomic E-state index is 13.0. The molecule has 2 heterocycles. The number of aromatic amines is 1. The molecule has 25 heavy (non-hydrogen) atoms. The van der Waals surface area contributed by atoms with Crippen molar-refractivity contribution in [2.75, 3.05) is 13.1 Å². The van der Waals surface area contributed by atoms with Crippen LogP contribution in [-0.4, -0.2) is 39.9 Å². The maximum Gasteiger partial charge on any atom is 0.410 e. The van der Waals surface area contributed by atoms with Crippen molar-refractivity contribution in [3.8, 4) is 11.3 Å². The van der Waals surface area contributed by atoms with Gasteiger partial charge in [-0.3, -0.25) is 5.10 Å². The van der Waals surface area contributed by atoms with Crippen LogP contribution in [0.25, 0.3) is 16.8 Å². The van der Waals surface area contributed by atoms with Crippen molar-refractivity contribution in [1.29, 1.82) is 0 Å². The first-order valence-electron chi connectivity index (χ1n) is 8.30. The maximum absolute atomic E-state index is 13.0. The number of benzene rings is 1. The van der Waals surface area contributed by atoms with E-state index in [0.29, 0.717) is 13.1 Å². The highest BCUT2D eigenvalue weighted by Gasteiger charge is 2.25. The standard InChI is InChI=1S/C19H22FN3O2/c1-19(2,3)25-18(24)23-10-4-5-14(12-23)17-11-16(21-22-17)13-6-8-15(20)9-7-13/h5-9,11H,4,10,12H2,1-3H3,(H,21,22). The minimum absolute atomic E-state index is 0.275. The summed E-state index contributed by atoms with van der Waals surface area (Å²) >= 11 is 0. The Morgan fingerprint density at radius 2 is 2.00 bits per heavy atom. The van der Waals surface area contributed by atoms with E-state index in [4.69, 9.17) is 4.74 Å². The molecule has 5 nitrogen and oxygen atoms in total. The molecule has 1 aromatic heterocycles. The van der Waals surface area contributed by atoms with Crippen LogP contribution in [0.2, 0.25) is 0 Å². The lowest BCUT2D eigenvalue weighted by atomic mass is 10.1. The molecule has 0 bridgehead atoms. The summed E-state index contributed by atoms with van der Waals surface area (Å²) in [6.45, 7) is 6.68. The molecule has 0 unspecified atom stereocenters. The molecule has 0 atom stereocenters. The lowest BCUT2D eigenvalue weighted by Gasteiger charge is -2.30. The van der Waals surface area contributed by atoms with Gasteiger partial charge in [-0.05, 0) is 63.1 Å². The first kappa shape index (κ1) is 17.2. The van der Waals surface area contributed by atoms with Gasteiger partial charge >= 0.3 is 6.09 Å². The number of rotatable bonds is 2. The third-order valence-electron chi connectivity index (χ3n) is 3.87. The second kappa shape index (κ2) is 6.70. The van der Waals surface area contributed by atoms with Crippen molar-refractivity contribution >= 4 is 11.7 Å². The number of aromatic nitrogens is 2. The van der Waals surface area contributed by atoms with Crippen LogP contribution in [0.1, 0.15) is 32.9 Å². The van der Waals surface area contributed by atoms with Gasteiger partial charge in [0.05, 0.1) is 17.9 Å². The van der Waals surface area contributed by atoms with Gasteiger partial charge in [-0.1, -0.05) is 6.08 Å². The summed E-state index contributed by atoms with van der Waals surface area (Å²) in [5.41, 5.74) is 2.92. The third-order valence-corrected chi connectivity index (χ3v) is 3.87. The molecule has 0 aliphatic carbocycles. The van der Waals surface area contributed by atoms with E-state index in [0.717, 1.165) is 28.9 Å². The van der Waals surface area contributed by atoms with Crippen molar-refractivity contribution < 1.29 is 13.9 Å². The average molecular weight is 343 g/mol. The van der Waals surface area contributed by atoms with Gasteiger partial charge in [0.2, 0.25) is 0 Å². The lowest BCUT2D eigenvalue weighted by Crippen LogP contribution is -2.39. The third kappa shape index (κ3) is 4.26. The number of carbonyl (C=O) groups is 1. The SMILES string of the molecule is CC(C)(C)OC(=O)N1CCC=C(c2cc(-c3ccc(F)cc3)n[nH]2)C1. The Kier molecular flexibility index (Phi) is 4.61. The number of amides is 1. The minimum atomic E-state index is -0.512. The normalized spacial score (nSPS) is 15.0. The number of carbonyl (C=O) groups excluding carboxylic acids is 1. The summed E-state index contributed by atoms with van der Waals surface area (Å²) in [5.74, 6) is -0.275. The molecule has 1 aliphatic rings. The fraction of sp³-hybridized carbons (Fsp3) is 0.368. The lowest BCUT2D eigenvalue weighted by molar-refractivity contribution is 0.0273. The Morgan fingerprint density at radius 1 is 1.28 bits per heavy atom. The zero-order valence-electron chi connectivity index (χ0n) is 14.7. The molecule has 0 radical (unpaired) electrons. The average Bonchev–Trinajstić information content (AvgIpc) is 3.04. The van der Waals surface area contributed by atoms with Gasteiger partial charge in [0.1, 0.15) is 11.4 Å². The monoisotopic (exact) mass is 343 g/mol. The van der Waals surface area contributed by atoms with Crippen LogP contribution in [0.4, 0.5) is 9.18 Å². The molecule has 1 aliphatic heterocycles. The largest absolute Gasteiger partial charge is 0.444 e. The molecule has 1 amide bonds. The Labute approximate surface area is 146 Å². The first-order chi connectivity index (χ1) is 11.8. The van der Waals surface area contributed by atoms with E-state index in [9.17, 15) is 9.18 Å². The van der Waals surface area contributed by atoms with Crippen molar-refractivity contribution in [1.82, 2.24) is 15.1 Å². The van der Waals surface area contributed by atoms with Crippen LogP contribution < -0.4 is 0 Å².